The van der Waals surface area contributed by atoms with E-state index in [1.165, 1.54) is 38.5 Å². The molecule has 0 spiro atoms. The van der Waals surface area contributed by atoms with Crippen LogP contribution in [0.4, 0.5) is 0 Å². The van der Waals surface area contributed by atoms with E-state index in [1.807, 2.05) is 0 Å². The molecule has 16 heavy (non-hydrogen) atoms. The Hall–Kier alpha value is -0.560. The van der Waals surface area contributed by atoms with E-state index >= 15 is 0 Å². The molecule has 2 fully saturated rings. The number of hydrogen-bond donors (Lipinski definition) is 1. The minimum atomic E-state index is 0.677. The maximum atomic E-state index is 4.03. The van der Waals surface area contributed by atoms with Gasteiger partial charge in [0.2, 0.25) is 0 Å². The lowest BCUT2D eigenvalue weighted by molar-refractivity contribution is 0.184. The zero-order valence-corrected chi connectivity index (χ0v) is 10.8. The molecular weight excluding hydrogens is 194 g/mol. The quantitative estimate of drug-likeness (QED) is 0.760. The average molecular weight is 219 g/mol. The second-order valence-corrected chi connectivity index (χ2v) is 5.48. The Balaban J connectivity index is 1.94. The molecule has 0 bridgehead atoms. The Morgan fingerprint density at radius 3 is 2.50 bits per heavy atom. The number of allylic oxidation sites excluding steroid dienone is 3. The first-order chi connectivity index (χ1) is 7.76. The molecule has 1 atom stereocenters. The molecule has 0 aliphatic heterocycles. The van der Waals surface area contributed by atoms with Gasteiger partial charge in [0, 0.05) is 6.04 Å². The Kier molecular flexibility index (Phi) is 3.86. The van der Waals surface area contributed by atoms with Gasteiger partial charge in [-0.3, -0.25) is 0 Å². The first kappa shape index (κ1) is 11.9. The van der Waals surface area contributed by atoms with Crippen molar-refractivity contribution in [2.45, 2.75) is 51.5 Å². The van der Waals surface area contributed by atoms with Crippen molar-refractivity contribution in [3.8, 4) is 0 Å². The third-order valence-corrected chi connectivity index (χ3v) is 4.61. The van der Waals surface area contributed by atoms with Gasteiger partial charge in [-0.25, -0.2) is 0 Å². The lowest BCUT2D eigenvalue weighted by Crippen LogP contribution is -2.39. The molecular formula is C15H25N. The van der Waals surface area contributed by atoms with E-state index in [1.54, 1.807) is 11.1 Å². The fraction of sp³-hybridized carbons (Fsp3) is 0.733. The molecule has 90 valence electrons. The predicted molar refractivity (Wildman–Crippen MR) is 70.4 cm³/mol. The van der Waals surface area contributed by atoms with Gasteiger partial charge < -0.3 is 5.32 Å². The molecule has 1 N–H and O–H groups in total. The Morgan fingerprint density at radius 1 is 1.38 bits per heavy atom. The van der Waals surface area contributed by atoms with E-state index in [2.05, 4.69) is 31.9 Å². The summed E-state index contributed by atoms with van der Waals surface area (Å²) in [5.74, 6) is 1.71. The van der Waals surface area contributed by atoms with Crippen LogP contribution in [-0.2, 0) is 0 Å². The van der Waals surface area contributed by atoms with Crippen molar-refractivity contribution < 1.29 is 0 Å². The highest BCUT2D eigenvalue weighted by Gasteiger charge is 2.34. The Morgan fingerprint density at radius 2 is 2.00 bits per heavy atom. The van der Waals surface area contributed by atoms with Crippen molar-refractivity contribution >= 4 is 0 Å². The van der Waals surface area contributed by atoms with Gasteiger partial charge in [0.15, 0.2) is 0 Å². The van der Waals surface area contributed by atoms with Crippen LogP contribution >= 0.6 is 0 Å². The van der Waals surface area contributed by atoms with Crippen molar-refractivity contribution in [1.29, 1.82) is 0 Å². The third kappa shape index (κ3) is 2.24. The van der Waals surface area contributed by atoms with Crippen LogP contribution in [0.1, 0.15) is 45.4 Å². The van der Waals surface area contributed by atoms with Crippen molar-refractivity contribution in [3.05, 3.63) is 23.8 Å². The molecule has 2 saturated carbocycles. The van der Waals surface area contributed by atoms with Gasteiger partial charge >= 0.3 is 0 Å². The molecule has 2 aliphatic rings. The van der Waals surface area contributed by atoms with E-state index < -0.39 is 0 Å². The van der Waals surface area contributed by atoms with E-state index in [9.17, 15) is 0 Å². The zero-order chi connectivity index (χ0) is 11.5. The van der Waals surface area contributed by atoms with Crippen molar-refractivity contribution in [3.63, 3.8) is 0 Å². The van der Waals surface area contributed by atoms with E-state index in [0.717, 1.165) is 11.8 Å². The summed E-state index contributed by atoms with van der Waals surface area (Å²) in [4.78, 5) is 0. The molecule has 2 rings (SSSR count). The van der Waals surface area contributed by atoms with Gasteiger partial charge in [-0.1, -0.05) is 18.2 Å². The molecule has 0 aromatic carbocycles. The molecule has 1 heteroatoms. The summed E-state index contributed by atoms with van der Waals surface area (Å²) in [6, 6.07) is 0.677. The van der Waals surface area contributed by atoms with Gasteiger partial charge in [-0.15, -0.1) is 0 Å². The van der Waals surface area contributed by atoms with Gasteiger partial charge in [0.25, 0.3) is 0 Å². The maximum absolute atomic E-state index is 4.03. The van der Waals surface area contributed by atoms with Crippen LogP contribution in [0.5, 0.6) is 0 Å². The van der Waals surface area contributed by atoms with Crippen LogP contribution in [0.2, 0.25) is 0 Å². The van der Waals surface area contributed by atoms with Gasteiger partial charge in [-0.2, -0.15) is 0 Å². The molecule has 0 aromatic rings. The summed E-state index contributed by atoms with van der Waals surface area (Å²) in [5.41, 5.74) is 3.33. The summed E-state index contributed by atoms with van der Waals surface area (Å²) < 4.78 is 0. The SMILES string of the molecule is C=CC(=C1CCCC1)C1CC(C(C)NC)C1. The molecule has 1 unspecified atom stereocenters. The van der Waals surface area contributed by atoms with Gasteiger partial charge in [0.05, 0.1) is 0 Å². The molecule has 0 amide bonds. The van der Waals surface area contributed by atoms with Crippen LogP contribution in [0, 0.1) is 11.8 Å². The standard InChI is InChI=1S/C15H25N/c1-4-15(12-7-5-6-8-12)14-9-13(10-14)11(2)16-3/h4,11,13-14,16H,1,5-10H2,2-3H3. The van der Waals surface area contributed by atoms with Crippen LogP contribution in [0.15, 0.2) is 23.8 Å². The normalized spacial score (nSPS) is 31.0. The van der Waals surface area contributed by atoms with Crippen LogP contribution in [-0.4, -0.2) is 13.1 Å². The minimum Gasteiger partial charge on any atom is -0.317 e. The van der Waals surface area contributed by atoms with Crippen LogP contribution in [0.3, 0.4) is 0 Å². The molecule has 1 nitrogen and oxygen atoms in total. The summed E-state index contributed by atoms with van der Waals surface area (Å²) in [7, 11) is 2.07. The second kappa shape index (κ2) is 5.18. The second-order valence-electron chi connectivity index (χ2n) is 5.48. The summed E-state index contributed by atoms with van der Waals surface area (Å²) in [6.07, 6.45) is 10.4. The number of rotatable bonds is 4. The fourth-order valence-corrected chi connectivity index (χ4v) is 3.25. The molecule has 0 radical (unpaired) electrons. The molecule has 2 aliphatic carbocycles. The highest BCUT2D eigenvalue weighted by atomic mass is 14.9. The van der Waals surface area contributed by atoms with E-state index in [4.69, 9.17) is 0 Å². The largest absolute Gasteiger partial charge is 0.317 e. The topological polar surface area (TPSA) is 12.0 Å². The van der Waals surface area contributed by atoms with Crippen molar-refractivity contribution in [2.75, 3.05) is 7.05 Å². The molecule has 0 heterocycles. The zero-order valence-electron chi connectivity index (χ0n) is 10.8. The average Bonchev–Trinajstić information content (AvgIpc) is 2.74. The lowest BCUT2D eigenvalue weighted by Gasteiger charge is -2.40. The van der Waals surface area contributed by atoms with Crippen LogP contribution < -0.4 is 5.32 Å². The lowest BCUT2D eigenvalue weighted by atomic mass is 9.67. The monoisotopic (exact) mass is 219 g/mol. The van der Waals surface area contributed by atoms with Crippen molar-refractivity contribution in [2.24, 2.45) is 11.8 Å². The first-order valence-corrected chi connectivity index (χ1v) is 6.78. The summed E-state index contributed by atoms with van der Waals surface area (Å²) in [6.45, 7) is 6.33. The Bertz CT molecular complexity index is 276. The Labute approximate surface area is 100 Å². The highest BCUT2D eigenvalue weighted by molar-refractivity contribution is 5.30. The van der Waals surface area contributed by atoms with Gasteiger partial charge in [0.1, 0.15) is 0 Å². The van der Waals surface area contributed by atoms with Crippen molar-refractivity contribution in [1.82, 2.24) is 5.32 Å². The smallest absolute Gasteiger partial charge is 0.00644 e. The molecule has 0 aromatic heterocycles. The van der Waals surface area contributed by atoms with Crippen LogP contribution in [0.25, 0.3) is 0 Å². The maximum Gasteiger partial charge on any atom is 0.00644 e. The predicted octanol–water partition coefficient (Wildman–Crippen LogP) is 3.68. The third-order valence-electron chi connectivity index (χ3n) is 4.61. The first-order valence-electron chi connectivity index (χ1n) is 6.78. The van der Waals surface area contributed by atoms with E-state index in [-0.39, 0.29) is 0 Å². The minimum absolute atomic E-state index is 0.677. The number of hydrogen-bond acceptors (Lipinski definition) is 1. The highest BCUT2D eigenvalue weighted by Crippen LogP contribution is 2.44. The van der Waals surface area contributed by atoms with Gasteiger partial charge in [-0.05, 0) is 69.9 Å². The molecule has 0 saturated heterocycles. The summed E-state index contributed by atoms with van der Waals surface area (Å²) >= 11 is 0. The summed E-state index contributed by atoms with van der Waals surface area (Å²) in [5, 5.41) is 3.37. The number of nitrogens with one attached hydrogen (secondary N) is 1. The fourth-order valence-electron chi connectivity index (χ4n) is 3.25. The van der Waals surface area contributed by atoms with E-state index in [0.29, 0.717) is 6.04 Å².